The van der Waals surface area contributed by atoms with Gasteiger partial charge in [0, 0.05) is 17.5 Å². The van der Waals surface area contributed by atoms with Gasteiger partial charge in [-0.3, -0.25) is 4.90 Å². The fourth-order valence-electron chi connectivity index (χ4n) is 3.29. The number of hydrogen-bond acceptors (Lipinski definition) is 5. The first-order chi connectivity index (χ1) is 11.8. The topological polar surface area (TPSA) is 67.2 Å². The Labute approximate surface area is 140 Å². The van der Waals surface area contributed by atoms with Crippen LogP contribution in [0.5, 0.6) is 5.75 Å². The van der Waals surface area contributed by atoms with Crippen LogP contribution in [0.3, 0.4) is 0 Å². The van der Waals surface area contributed by atoms with Gasteiger partial charge in [0.1, 0.15) is 5.75 Å². The lowest BCUT2D eigenvalue weighted by Crippen LogP contribution is -2.23. The molecule has 1 aliphatic rings. The predicted octanol–water partition coefficient (Wildman–Crippen LogP) is 3.41. The second-order valence-corrected chi connectivity index (χ2v) is 6.00. The SMILES string of the molecule is COc1cccc(-c2noc(CN3CCCC3c3ccc[nH]3)n2)c1. The highest BCUT2D eigenvalue weighted by Crippen LogP contribution is 2.32. The van der Waals surface area contributed by atoms with Crippen molar-refractivity contribution >= 4 is 0 Å². The smallest absolute Gasteiger partial charge is 0.241 e. The number of likely N-dealkylation sites (tertiary alicyclic amines) is 1. The molecule has 1 saturated heterocycles. The Morgan fingerprint density at radius 1 is 1.33 bits per heavy atom. The molecule has 1 aromatic carbocycles. The summed E-state index contributed by atoms with van der Waals surface area (Å²) in [7, 11) is 1.65. The lowest BCUT2D eigenvalue weighted by Gasteiger charge is -2.21. The third kappa shape index (κ3) is 2.92. The molecule has 6 nitrogen and oxygen atoms in total. The Morgan fingerprint density at radius 2 is 2.29 bits per heavy atom. The van der Waals surface area contributed by atoms with E-state index in [-0.39, 0.29) is 0 Å². The molecule has 1 unspecified atom stereocenters. The molecule has 1 aliphatic heterocycles. The fraction of sp³-hybridized carbons (Fsp3) is 0.333. The van der Waals surface area contributed by atoms with Gasteiger partial charge < -0.3 is 14.2 Å². The fourth-order valence-corrected chi connectivity index (χ4v) is 3.29. The van der Waals surface area contributed by atoms with Gasteiger partial charge in [-0.25, -0.2) is 0 Å². The van der Waals surface area contributed by atoms with Gasteiger partial charge in [-0.05, 0) is 43.7 Å². The van der Waals surface area contributed by atoms with Gasteiger partial charge in [0.2, 0.25) is 11.7 Å². The minimum absolute atomic E-state index is 0.396. The zero-order valence-corrected chi connectivity index (χ0v) is 13.6. The van der Waals surface area contributed by atoms with E-state index in [2.05, 4.69) is 26.1 Å². The van der Waals surface area contributed by atoms with Crippen LogP contribution in [0.25, 0.3) is 11.4 Å². The first-order valence-electron chi connectivity index (χ1n) is 8.18. The highest BCUT2D eigenvalue weighted by Gasteiger charge is 2.28. The molecule has 4 rings (SSSR count). The standard InChI is InChI=1S/C18H20N4O2/c1-23-14-6-2-5-13(11-14)18-20-17(24-21-18)12-22-10-4-8-16(22)15-7-3-9-19-15/h2-3,5-7,9,11,16,19H,4,8,10,12H2,1H3. The maximum Gasteiger partial charge on any atom is 0.241 e. The van der Waals surface area contributed by atoms with Crippen LogP contribution < -0.4 is 4.74 Å². The van der Waals surface area contributed by atoms with Crippen LogP contribution in [0.4, 0.5) is 0 Å². The number of nitrogens with zero attached hydrogens (tertiary/aromatic N) is 3. The van der Waals surface area contributed by atoms with Gasteiger partial charge in [0.05, 0.1) is 19.7 Å². The van der Waals surface area contributed by atoms with E-state index >= 15 is 0 Å². The predicted molar refractivity (Wildman–Crippen MR) is 89.5 cm³/mol. The van der Waals surface area contributed by atoms with Crippen LogP contribution >= 0.6 is 0 Å². The van der Waals surface area contributed by atoms with Gasteiger partial charge in [-0.2, -0.15) is 4.98 Å². The van der Waals surface area contributed by atoms with E-state index in [4.69, 9.17) is 9.26 Å². The van der Waals surface area contributed by atoms with E-state index in [1.807, 2.05) is 36.5 Å². The van der Waals surface area contributed by atoms with E-state index < -0.39 is 0 Å². The molecule has 0 saturated carbocycles. The van der Waals surface area contributed by atoms with Crippen molar-refractivity contribution in [2.24, 2.45) is 0 Å². The first kappa shape index (κ1) is 15.0. The van der Waals surface area contributed by atoms with Gasteiger partial charge in [-0.15, -0.1) is 0 Å². The summed E-state index contributed by atoms with van der Waals surface area (Å²) in [6.07, 6.45) is 4.30. The van der Waals surface area contributed by atoms with Gasteiger partial charge in [0.25, 0.3) is 0 Å². The molecule has 0 amide bonds. The molecule has 0 aliphatic carbocycles. The number of methoxy groups -OCH3 is 1. The summed E-state index contributed by atoms with van der Waals surface area (Å²) in [5, 5.41) is 4.12. The minimum Gasteiger partial charge on any atom is -0.497 e. The van der Waals surface area contributed by atoms with Crippen molar-refractivity contribution in [2.45, 2.75) is 25.4 Å². The molecule has 1 atom stereocenters. The van der Waals surface area contributed by atoms with Crippen molar-refractivity contribution in [1.82, 2.24) is 20.0 Å². The first-order valence-corrected chi connectivity index (χ1v) is 8.18. The highest BCUT2D eigenvalue weighted by molar-refractivity contribution is 5.56. The molecular formula is C18H20N4O2. The van der Waals surface area contributed by atoms with Crippen LogP contribution in [0.2, 0.25) is 0 Å². The second kappa shape index (κ2) is 6.49. The average molecular weight is 324 g/mol. The molecule has 1 fully saturated rings. The Hall–Kier alpha value is -2.60. The molecule has 2 aromatic heterocycles. The van der Waals surface area contributed by atoms with Crippen molar-refractivity contribution in [2.75, 3.05) is 13.7 Å². The van der Waals surface area contributed by atoms with E-state index in [1.54, 1.807) is 7.11 Å². The highest BCUT2D eigenvalue weighted by atomic mass is 16.5. The number of aromatic nitrogens is 3. The van der Waals surface area contributed by atoms with E-state index in [0.29, 0.717) is 24.3 Å². The molecule has 24 heavy (non-hydrogen) atoms. The second-order valence-electron chi connectivity index (χ2n) is 6.00. The minimum atomic E-state index is 0.396. The van der Waals surface area contributed by atoms with Crippen LogP contribution in [0, 0.1) is 0 Å². The van der Waals surface area contributed by atoms with Gasteiger partial charge >= 0.3 is 0 Å². The maximum atomic E-state index is 5.47. The number of nitrogens with one attached hydrogen (secondary N) is 1. The van der Waals surface area contributed by atoms with Crippen molar-refractivity contribution in [3.8, 4) is 17.1 Å². The van der Waals surface area contributed by atoms with E-state index in [0.717, 1.165) is 24.3 Å². The third-order valence-electron chi connectivity index (χ3n) is 4.48. The summed E-state index contributed by atoms with van der Waals surface area (Å²) in [5.74, 6) is 2.02. The van der Waals surface area contributed by atoms with Crippen LogP contribution in [-0.4, -0.2) is 33.7 Å². The Balaban J connectivity index is 1.51. The van der Waals surface area contributed by atoms with Crippen LogP contribution in [0.1, 0.15) is 30.5 Å². The molecule has 0 bridgehead atoms. The number of rotatable bonds is 5. The summed E-state index contributed by atoms with van der Waals surface area (Å²) < 4.78 is 10.7. The van der Waals surface area contributed by atoms with E-state index in [1.165, 1.54) is 12.1 Å². The Kier molecular flexibility index (Phi) is 4.04. The Morgan fingerprint density at radius 3 is 3.12 bits per heavy atom. The molecule has 0 radical (unpaired) electrons. The number of ether oxygens (including phenoxy) is 1. The normalized spacial score (nSPS) is 18.1. The quantitative estimate of drug-likeness (QED) is 0.779. The van der Waals surface area contributed by atoms with Crippen molar-refractivity contribution in [3.05, 3.63) is 54.2 Å². The number of benzene rings is 1. The lowest BCUT2D eigenvalue weighted by atomic mass is 10.1. The molecule has 1 N–H and O–H groups in total. The average Bonchev–Trinajstić information content (AvgIpc) is 3.36. The molecule has 3 heterocycles. The number of aromatic amines is 1. The third-order valence-corrected chi connectivity index (χ3v) is 4.48. The Bertz CT molecular complexity index is 797. The van der Waals surface area contributed by atoms with E-state index in [9.17, 15) is 0 Å². The van der Waals surface area contributed by atoms with Crippen molar-refractivity contribution in [3.63, 3.8) is 0 Å². The van der Waals surface area contributed by atoms with Crippen molar-refractivity contribution in [1.29, 1.82) is 0 Å². The van der Waals surface area contributed by atoms with Crippen LogP contribution in [0.15, 0.2) is 47.1 Å². The maximum absolute atomic E-state index is 5.47. The summed E-state index contributed by atoms with van der Waals surface area (Å²) in [6, 6.07) is 12.3. The number of H-pyrrole nitrogens is 1. The molecular weight excluding hydrogens is 304 g/mol. The lowest BCUT2D eigenvalue weighted by molar-refractivity contribution is 0.210. The largest absolute Gasteiger partial charge is 0.497 e. The summed E-state index contributed by atoms with van der Waals surface area (Å²) in [5.41, 5.74) is 2.15. The van der Waals surface area contributed by atoms with Crippen LogP contribution in [-0.2, 0) is 6.54 Å². The van der Waals surface area contributed by atoms with Gasteiger partial charge in [-0.1, -0.05) is 17.3 Å². The van der Waals surface area contributed by atoms with Gasteiger partial charge in [0.15, 0.2) is 0 Å². The monoisotopic (exact) mass is 324 g/mol. The zero-order chi connectivity index (χ0) is 16.4. The summed E-state index contributed by atoms with van der Waals surface area (Å²) >= 11 is 0. The zero-order valence-electron chi connectivity index (χ0n) is 13.6. The number of hydrogen-bond donors (Lipinski definition) is 1. The molecule has 124 valence electrons. The van der Waals surface area contributed by atoms with Crippen molar-refractivity contribution < 1.29 is 9.26 Å². The molecule has 3 aromatic rings. The summed E-state index contributed by atoms with van der Waals surface area (Å²) in [6.45, 7) is 1.71. The molecule has 6 heteroatoms. The molecule has 0 spiro atoms. The summed E-state index contributed by atoms with van der Waals surface area (Å²) in [4.78, 5) is 10.2.